The van der Waals surface area contributed by atoms with E-state index in [2.05, 4.69) is 5.32 Å². The maximum absolute atomic E-state index is 13.0. The Hall–Kier alpha value is -2.77. The molecule has 8 heteroatoms. The van der Waals surface area contributed by atoms with Crippen molar-refractivity contribution in [1.29, 1.82) is 0 Å². The Balaban J connectivity index is 1.53. The minimum Gasteiger partial charge on any atom is -0.454 e. The summed E-state index contributed by atoms with van der Waals surface area (Å²) in [6.45, 7) is 2.90. The van der Waals surface area contributed by atoms with E-state index in [-0.39, 0.29) is 19.2 Å². The van der Waals surface area contributed by atoms with Gasteiger partial charge in [0, 0.05) is 13.1 Å². The number of hydrogen-bond acceptors (Lipinski definition) is 5. The maximum Gasteiger partial charge on any atom is 0.325 e. The molecule has 0 spiro atoms. The van der Waals surface area contributed by atoms with E-state index < -0.39 is 17.5 Å². The lowest BCUT2D eigenvalue weighted by Gasteiger charge is -2.28. The average Bonchev–Trinajstić information content (AvgIpc) is 3.21. The van der Waals surface area contributed by atoms with Crippen molar-refractivity contribution < 1.29 is 23.9 Å². The third kappa shape index (κ3) is 2.65. The van der Waals surface area contributed by atoms with Crippen molar-refractivity contribution in [2.45, 2.75) is 31.7 Å². The second-order valence-corrected chi connectivity index (χ2v) is 6.96. The van der Waals surface area contributed by atoms with Gasteiger partial charge in [-0.2, -0.15) is 0 Å². The van der Waals surface area contributed by atoms with Crippen LogP contribution in [0.5, 0.6) is 11.5 Å². The van der Waals surface area contributed by atoms with Crippen LogP contribution in [0.4, 0.5) is 4.79 Å². The first kappa shape index (κ1) is 16.7. The second-order valence-electron chi connectivity index (χ2n) is 6.96. The van der Waals surface area contributed by atoms with Gasteiger partial charge < -0.3 is 19.7 Å². The van der Waals surface area contributed by atoms with Gasteiger partial charge in [-0.1, -0.05) is 6.07 Å². The summed E-state index contributed by atoms with van der Waals surface area (Å²) in [4.78, 5) is 40.5. The fraction of sp³-hybridized carbons (Fsp3) is 0.500. The van der Waals surface area contributed by atoms with Gasteiger partial charge in [0.15, 0.2) is 11.5 Å². The minimum atomic E-state index is -1.24. The lowest BCUT2D eigenvalue weighted by molar-refractivity contribution is -0.139. The van der Waals surface area contributed by atoms with Crippen LogP contribution in [0.2, 0.25) is 0 Å². The Morgan fingerprint density at radius 3 is 2.65 bits per heavy atom. The van der Waals surface area contributed by atoms with Crippen LogP contribution < -0.4 is 14.8 Å². The molecule has 8 nitrogen and oxygen atoms in total. The third-order valence-corrected chi connectivity index (χ3v) is 5.23. The van der Waals surface area contributed by atoms with Crippen LogP contribution in [0.3, 0.4) is 0 Å². The molecule has 4 amide bonds. The van der Waals surface area contributed by atoms with Crippen LogP contribution in [-0.2, 0) is 15.1 Å². The summed E-state index contributed by atoms with van der Waals surface area (Å²) in [5.41, 5.74) is -0.645. The van der Waals surface area contributed by atoms with Crippen molar-refractivity contribution in [3.05, 3.63) is 23.8 Å². The smallest absolute Gasteiger partial charge is 0.325 e. The number of benzene rings is 1. The minimum absolute atomic E-state index is 0.131. The standard InChI is InChI=1S/C18H21N3O5/c1-18(12-5-6-13-14(9-12)26-11-25-13)16(23)21(17(24)19-18)10-15(22)20-7-3-2-4-8-20/h5-6,9H,2-4,7-8,10-11H2,1H3,(H,19,24)/t18-/m1/s1. The number of piperidine rings is 1. The predicted molar refractivity (Wildman–Crippen MR) is 90.6 cm³/mol. The summed E-state index contributed by atoms with van der Waals surface area (Å²) in [5, 5.41) is 2.72. The topological polar surface area (TPSA) is 88.2 Å². The molecular weight excluding hydrogens is 338 g/mol. The van der Waals surface area contributed by atoms with Gasteiger partial charge in [-0.15, -0.1) is 0 Å². The molecule has 0 unspecified atom stereocenters. The molecule has 0 aromatic heterocycles. The lowest BCUT2D eigenvalue weighted by Crippen LogP contribution is -2.45. The van der Waals surface area contributed by atoms with Gasteiger partial charge in [0.2, 0.25) is 12.7 Å². The van der Waals surface area contributed by atoms with Gasteiger partial charge >= 0.3 is 6.03 Å². The molecule has 1 N–H and O–H groups in total. The monoisotopic (exact) mass is 359 g/mol. The molecule has 0 saturated carbocycles. The van der Waals surface area contributed by atoms with Crippen molar-refractivity contribution in [3.63, 3.8) is 0 Å². The van der Waals surface area contributed by atoms with Gasteiger partial charge in [0.1, 0.15) is 12.1 Å². The van der Waals surface area contributed by atoms with Gasteiger partial charge in [-0.05, 0) is 43.9 Å². The van der Waals surface area contributed by atoms with Gasteiger partial charge in [0.05, 0.1) is 0 Å². The molecule has 1 atom stereocenters. The first-order valence-electron chi connectivity index (χ1n) is 8.81. The van der Waals surface area contributed by atoms with Crippen molar-refractivity contribution in [2.75, 3.05) is 26.4 Å². The highest BCUT2D eigenvalue weighted by molar-refractivity contribution is 6.09. The first-order chi connectivity index (χ1) is 12.5. The lowest BCUT2D eigenvalue weighted by atomic mass is 9.91. The summed E-state index contributed by atoms with van der Waals surface area (Å²) in [6.07, 6.45) is 3.02. The Morgan fingerprint density at radius 2 is 1.88 bits per heavy atom. The van der Waals surface area contributed by atoms with Gasteiger partial charge in [-0.3, -0.25) is 14.5 Å². The fourth-order valence-corrected chi connectivity index (χ4v) is 3.62. The maximum atomic E-state index is 13.0. The number of rotatable bonds is 3. The van der Waals surface area contributed by atoms with E-state index in [4.69, 9.17) is 9.47 Å². The molecule has 138 valence electrons. The van der Waals surface area contributed by atoms with Crippen LogP contribution >= 0.6 is 0 Å². The van der Waals surface area contributed by atoms with E-state index in [1.54, 1.807) is 30.0 Å². The van der Waals surface area contributed by atoms with Gasteiger partial charge in [0.25, 0.3) is 5.91 Å². The van der Waals surface area contributed by atoms with E-state index in [1.807, 2.05) is 0 Å². The Morgan fingerprint density at radius 1 is 1.15 bits per heavy atom. The summed E-state index contributed by atoms with van der Waals surface area (Å²) in [7, 11) is 0. The number of hydrogen-bond donors (Lipinski definition) is 1. The molecule has 0 radical (unpaired) electrons. The second kappa shape index (κ2) is 6.19. The van der Waals surface area contributed by atoms with E-state index in [9.17, 15) is 14.4 Å². The number of urea groups is 1. The molecule has 26 heavy (non-hydrogen) atoms. The molecule has 3 aliphatic heterocycles. The van der Waals surface area contributed by atoms with Crippen LogP contribution in [0.15, 0.2) is 18.2 Å². The summed E-state index contributed by atoms with van der Waals surface area (Å²) >= 11 is 0. The summed E-state index contributed by atoms with van der Waals surface area (Å²) in [5.74, 6) is 0.509. The van der Waals surface area contributed by atoms with Crippen molar-refractivity contribution in [3.8, 4) is 11.5 Å². The zero-order valence-electron chi connectivity index (χ0n) is 14.6. The molecule has 3 aliphatic rings. The Labute approximate surface area is 151 Å². The highest BCUT2D eigenvalue weighted by atomic mass is 16.7. The number of carbonyl (C=O) groups excluding carboxylic acids is 3. The number of imide groups is 1. The highest BCUT2D eigenvalue weighted by Crippen LogP contribution is 2.37. The normalized spacial score (nSPS) is 24.8. The molecule has 0 aliphatic carbocycles. The summed E-state index contributed by atoms with van der Waals surface area (Å²) < 4.78 is 10.6. The van der Waals surface area contributed by atoms with Gasteiger partial charge in [-0.25, -0.2) is 4.79 Å². The Bertz CT molecular complexity index is 774. The quantitative estimate of drug-likeness (QED) is 0.819. The van der Waals surface area contributed by atoms with E-state index in [0.29, 0.717) is 30.2 Å². The van der Waals surface area contributed by atoms with Crippen LogP contribution in [-0.4, -0.2) is 54.1 Å². The number of fused-ring (bicyclic) bond motifs is 1. The molecule has 2 saturated heterocycles. The van der Waals surface area contributed by atoms with Crippen LogP contribution in [0.25, 0.3) is 0 Å². The van der Waals surface area contributed by atoms with E-state index >= 15 is 0 Å². The zero-order valence-corrected chi connectivity index (χ0v) is 14.6. The molecule has 0 bridgehead atoms. The number of nitrogens with one attached hydrogen (secondary N) is 1. The highest BCUT2D eigenvalue weighted by Gasteiger charge is 2.50. The average molecular weight is 359 g/mol. The number of amides is 4. The SMILES string of the molecule is C[C@]1(c2ccc3c(c2)OCO3)NC(=O)N(CC(=O)N2CCCCC2)C1=O. The summed E-state index contributed by atoms with van der Waals surface area (Å²) in [6, 6.07) is 4.57. The molecule has 4 rings (SSSR count). The molecule has 1 aromatic rings. The first-order valence-corrected chi connectivity index (χ1v) is 8.81. The Kier molecular flexibility index (Phi) is 3.97. The fourth-order valence-electron chi connectivity index (χ4n) is 3.62. The van der Waals surface area contributed by atoms with Crippen molar-refractivity contribution in [2.24, 2.45) is 0 Å². The van der Waals surface area contributed by atoms with E-state index in [1.165, 1.54) is 0 Å². The number of likely N-dealkylation sites (tertiary alicyclic amines) is 1. The van der Waals surface area contributed by atoms with Crippen LogP contribution in [0, 0.1) is 0 Å². The third-order valence-electron chi connectivity index (χ3n) is 5.23. The van der Waals surface area contributed by atoms with Crippen molar-refractivity contribution in [1.82, 2.24) is 15.1 Å². The number of ether oxygens (including phenoxy) is 2. The zero-order chi connectivity index (χ0) is 18.3. The predicted octanol–water partition coefficient (Wildman–Crippen LogP) is 1.19. The van der Waals surface area contributed by atoms with Crippen LogP contribution in [0.1, 0.15) is 31.7 Å². The largest absolute Gasteiger partial charge is 0.454 e. The number of nitrogens with zero attached hydrogens (tertiary/aromatic N) is 2. The molecule has 1 aromatic carbocycles. The number of carbonyl (C=O) groups is 3. The molecule has 3 heterocycles. The van der Waals surface area contributed by atoms with Crippen molar-refractivity contribution >= 4 is 17.8 Å². The molecule has 2 fully saturated rings. The van der Waals surface area contributed by atoms with E-state index in [0.717, 1.165) is 24.2 Å². The molecular formula is C18H21N3O5.